The smallest absolute Gasteiger partial charge is 0.252 e. The highest BCUT2D eigenvalue weighted by atomic mass is 16.1. The molecule has 0 aliphatic heterocycles. The molecule has 1 heterocycles. The number of fused-ring (bicyclic) bond motifs is 1. The van der Waals surface area contributed by atoms with E-state index in [1.54, 1.807) is 0 Å². The van der Waals surface area contributed by atoms with Crippen LogP contribution in [-0.4, -0.2) is 11.5 Å². The molecule has 0 aliphatic carbocycles. The van der Waals surface area contributed by atoms with E-state index in [4.69, 9.17) is 0 Å². The second-order valence-corrected chi connectivity index (χ2v) is 4.59. The van der Waals surface area contributed by atoms with Gasteiger partial charge in [-0.1, -0.05) is 38.0 Å². The second kappa shape index (κ2) is 6.36. The summed E-state index contributed by atoms with van der Waals surface area (Å²) in [4.78, 5) is 14.8. The number of rotatable bonds is 6. The largest absolute Gasteiger partial charge is 0.322 e. The minimum absolute atomic E-state index is 0.0108. The number of benzene rings is 1. The predicted molar refractivity (Wildman–Crippen MR) is 75.8 cm³/mol. The first-order valence-electron chi connectivity index (χ1n) is 6.63. The fraction of sp³-hybridized carbons (Fsp3) is 0.400. The van der Waals surface area contributed by atoms with Gasteiger partial charge in [-0.3, -0.25) is 4.79 Å². The topological polar surface area (TPSA) is 44.9 Å². The monoisotopic (exact) mass is 244 g/mol. The van der Waals surface area contributed by atoms with Gasteiger partial charge in [0.15, 0.2) is 0 Å². The summed E-state index contributed by atoms with van der Waals surface area (Å²) in [5.41, 5.74) is 1.72. The molecule has 1 aromatic carbocycles. The van der Waals surface area contributed by atoms with Gasteiger partial charge in [-0.2, -0.15) is 0 Å². The minimum Gasteiger partial charge on any atom is -0.322 e. The summed E-state index contributed by atoms with van der Waals surface area (Å²) in [5, 5.41) is 4.41. The van der Waals surface area contributed by atoms with Crippen molar-refractivity contribution in [2.24, 2.45) is 0 Å². The molecular weight excluding hydrogens is 224 g/mol. The molecule has 0 aliphatic rings. The summed E-state index contributed by atoms with van der Waals surface area (Å²) in [5.74, 6) is 0. The molecule has 0 saturated heterocycles. The molecule has 3 nitrogen and oxygen atoms in total. The van der Waals surface area contributed by atoms with Crippen LogP contribution >= 0.6 is 0 Å². The normalized spacial score (nSPS) is 10.9. The second-order valence-electron chi connectivity index (χ2n) is 4.59. The van der Waals surface area contributed by atoms with E-state index in [1.807, 2.05) is 30.3 Å². The van der Waals surface area contributed by atoms with Crippen molar-refractivity contribution in [2.45, 2.75) is 32.7 Å². The maximum absolute atomic E-state index is 11.9. The lowest BCUT2D eigenvalue weighted by Crippen LogP contribution is -2.21. The van der Waals surface area contributed by atoms with E-state index in [9.17, 15) is 4.79 Å². The van der Waals surface area contributed by atoms with Crippen molar-refractivity contribution in [1.29, 1.82) is 0 Å². The Kier molecular flexibility index (Phi) is 4.53. The molecule has 0 amide bonds. The Hall–Kier alpha value is -1.61. The number of H-pyrrole nitrogens is 1. The minimum atomic E-state index is 0.0108. The molecule has 0 atom stereocenters. The maximum atomic E-state index is 11.9. The molecule has 1 aromatic heterocycles. The van der Waals surface area contributed by atoms with Crippen molar-refractivity contribution in [3.63, 3.8) is 0 Å². The van der Waals surface area contributed by atoms with Gasteiger partial charge in [0.1, 0.15) is 0 Å². The summed E-state index contributed by atoms with van der Waals surface area (Å²) in [6.07, 6.45) is 3.63. The van der Waals surface area contributed by atoms with Gasteiger partial charge in [-0.25, -0.2) is 0 Å². The first kappa shape index (κ1) is 12.8. The van der Waals surface area contributed by atoms with Crippen LogP contribution in [0.25, 0.3) is 10.9 Å². The highest BCUT2D eigenvalue weighted by Gasteiger charge is 2.01. The zero-order chi connectivity index (χ0) is 12.8. The molecule has 0 unspecified atom stereocenters. The van der Waals surface area contributed by atoms with Gasteiger partial charge in [0.25, 0.3) is 5.56 Å². The van der Waals surface area contributed by atoms with E-state index in [2.05, 4.69) is 17.2 Å². The van der Waals surface area contributed by atoms with Gasteiger partial charge in [-0.05, 0) is 30.5 Å². The summed E-state index contributed by atoms with van der Waals surface area (Å²) in [6, 6.07) is 9.84. The third kappa shape index (κ3) is 3.20. The molecule has 96 valence electrons. The van der Waals surface area contributed by atoms with E-state index < -0.39 is 0 Å². The van der Waals surface area contributed by atoms with E-state index in [0.29, 0.717) is 6.54 Å². The van der Waals surface area contributed by atoms with Crippen LogP contribution in [-0.2, 0) is 6.54 Å². The highest BCUT2D eigenvalue weighted by Crippen LogP contribution is 2.09. The molecule has 0 saturated carbocycles. The summed E-state index contributed by atoms with van der Waals surface area (Å²) in [7, 11) is 0. The molecular formula is C15H20N2O. The Morgan fingerprint density at radius 2 is 2.06 bits per heavy atom. The van der Waals surface area contributed by atoms with Gasteiger partial charge in [0, 0.05) is 17.6 Å². The zero-order valence-electron chi connectivity index (χ0n) is 10.8. The van der Waals surface area contributed by atoms with Gasteiger partial charge in [0.2, 0.25) is 0 Å². The van der Waals surface area contributed by atoms with Crippen LogP contribution in [0.1, 0.15) is 31.7 Å². The van der Waals surface area contributed by atoms with Crippen LogP contribution < -0.4 is 10.9 Å². The van der Waals surface area contributed by atoms with E-state index in [-0.39, 0.29) is 5.56 Å². The summed E-state index contributed by atoms with van der Waals surface area (Å²) < 4.78 is 0. The van der Waals surface area contributed by atoms with E-state index >= 15 is 0 Å². The third-order valence-corrected chi connectivity index (χ3v) is 3.10. The molecule has 18 heavy (non-hydrogen) atoms. The number of unbranched alkanes of at least 4 members (excludes halogenated alkanes) is 2. The van der Waals surface area contributed by atoms with Gasteiger partial charge < -0.3 is 10.3 Å². The molecule has 0 bridgehead atoms. The van der Waals surface area contributed by atoms with Crippen LogP contribution in [0.2, 0.25) is 0 Å². The molecule has 0 spiro atoms. The molecule has 0 fully saturated rings. The Morgan fingerprint density at radius 3 is 2.89 bits per heavy atom. The van der Waals surface area contributed by atoms with E-state index in [0.717, 1.165) is 23.0 Å². The molecule has 2 aromatic rings. The fourth-order valence-corrected chi connectivity index (χ4v) is 2.05. The van der Waals surface area contributed by atoms with E-state index in [1.165, 1.54) is 19.3 Å². The number of hydrogen-bond acceptors (Lipinski definition) is 2. The molecule has 0 radical (unpaired) electrons. The average Bonchev–Trinajstić information content (AvgIpc) is 2.39. The first-order valence-corrected chi connectivity index (χ1v) is 6.63. The Bertz CT molecular complexity index is 560. The first-order chi connectivity index (χ1) is 8.81. The Balaban J connectivity index is 2.04. The van der Waals surface area contributed by atoms with Gasteiger partial charge >= 0.3 is 0 Å². The lowest BCUT2D eigenvalue weighted by atomic mass is 10.1. The quantitative estimate of drug-likeness (QED) is 0.767. The number of aromatic nitrogens is 1. The number of hydrogen-bond donors (Lipinski definition) is 2. The number of para-hydroxylation sites is 1. The number of nitrogens with one attached hydrogen (secondary N) is 2. The lowest BCUT2D eigenvalue weighted by Gasteiger charge is -2.05. The average molecular weight is 244 g/mol. The Morgan fingerprint density at radius 1 is 1.22 bits per heavy atom. The number of aromatic amines is 1. The summed E-state index contributed by atoms with van der Waals surface area (Å²) >= 11 is 0. The lowest BCUT2D eigenvalue weighted by molar-refractivity contribution is 0.615. The maximum Gasteiger partial charge on any atom is 0.252 e. The van der Waals surface area contributed by atoms with Crippen molar-refractivity contribution in [3.8, 4) is 0 Å². The third-order valence-electron chi connectivity index (χ3n) is 3.10. The van der Waals surface area contributed by atoms with Crippen LogP contribution in [0.15, 0.2) is 35.1 Å². The van der Waals surface area contributed by atoms with Gasteiger partial charge in [0.05, 0.1) is 0 Å². The van der Waals surface area contributed by atoms with Crippen molar-refractivity contribution in [3.05, 3.63) is 46.2 Å². The molecule has 3 heteroatoms. The van der Waals surface area contributed by atoms with Crippen molar-refractivity contribution >= 4 is 10.9 Å². The summed E-state index contributed by atoms with van der Waals surface area (Å²) in [6.45, 7) is 3.80. The standard InChI is InChI=1S/C15H20N2O/c1-2-3-6-9-16-11-13-10-12-7-4-5-8-14(12)17-15(13)18/h4-5,7-8,10,16H,2-3,6,9,11H2,1H3,(H,17,18). The van der Waals surface area contributed by atoms with Crippen LogP contribution in [0.4, 0.5) is 0 Å². The Labute approximate surface area is 107 Å². The fourth-order valence-electron chi connectivity index (χ4n) is 2.05. The van der Waals surface area contributed by atoms with Crippen LogP contribution in [0.5, 0.6) is 0 Å². The molecule has 2 N–H and O–H groups in total. The van der Waals surface area contributed by atoms with Crippen molar-refractivity contribution in [2.75, 3.05) is 6.54 Å². The SMILES string of the molecule is CCCCCNCc1cc2ccccc2[nH]c1=O. The number of pyridine rings is 1. The highest BCUT2D eigenvalue weighted by molar-refractivity contribution is 5.78. The van der Waals surface area contributed by atoms with Crippen molar-refractivity contribution in [1.82, 2.24) is 10.3 Å². The zero-order valence-corrected chi connectivity index (χ0v) is 10.8. The predicted octanol–water partition coefficient (Wildman–Crippen LogP) is 2.81. The van der Waals surface area contributed by atoms with Gasteiger partial charge in [-0.15, -0.1) is 0 Å². The molecule has 2 rings (SSSR count). The van der Waals surface area contributed by atoms with Crippen LogP contribution in [0.3, 0.4) is 0 Å². The van der Waals surface area contributed by atoms with Crippen LogP contribution in [0, 0.1) is 0 Å². The van der Waals surface area contributed by atoms with Crippen molar-refractivity contribution < 1.29 is 0 Å².